The van der Waals surface area contributed by atoms with Gasteiger partial charge in [0.15, 0.2) is 0 Å². The fourth-order valence-corrected chi connectivity index (χ4v) is 4.50. The Bertz CT molecular complexity index is 1080. The molecule has 2 unspecified atom stereocenters. The standard InChI is InChI=1S/C24H27N5O2/c1-2-19-12-23(30)27-24(26-19)18-8-9-22(25-13-18)29-15-20-21(16-29)31-11-10-28(20)14-17-6-4-3-5-7-17/h3-9,12-13,20-21H,2,10-11,14-16H2,1H3,(H,26,27,30). The van der Waals surface area contributed by atoms with Gasteiger partial charge in [-0.05, 0) is 24.1 Å². The van der Waals surface area contributed by atoms with E-state index in [9.17, 15) is 4.79 Å². The Kier molecular flexibility index (Phi) is 5.53. The second-order valence-corrected chi connectivity index (χ2v) is 8.18. The molecule has 3 aromatic rings. The van der Waals surface area contributed by atoms with Crippen LogP contribution in [0.3, 0.4) is 0 Å². The van der Waals surface area contributed by atoms with Gasteiger partial charge in [-0.25, -0.2) is 9.97 Å². The van der Waals surface area contributed by atoms with Gasteiger partial charge < -0.3 is 14.6 Å². The third kappa shape index (κ3) is 4.24. The molecule has 2 aromatic heterocycles. The normalized spacial score (nSPS) is 21.3. The summed E-state index contributed by atoms with van der Waals surface area (Å²) in [7, 11) is 0. The molecule has 4 heterocycles. The Balaban J connectivity index is 1.31. The monoisotopic (exact) mass is 417 g/mol. The molecule has 0 saturated carbocycles. The van der Waals surface area contributed by atoms with E-state index in [0.29, 0.717) is 11.9 Å². The molecule has 2 fully saturated rings. The number of H-pyrrole nitrogens is 1. The lowest BCUT2D eigenvalue weighted by Gasteiger charge is -2.36. The maximum atomic E-state index is 11.9. The molecular formula is C24H27N5O2. The van der Waals surface area contributed by atoms with Crippen molar-refractivity contribution in [2.75, 3.05) is 31.1 Å². The topological polar surface area (TPSA) is 74.3 Å². The molecular weight excluding hydrogens is 390 g/mol. The number of aromatic amines is 1. The number of hydrogen-bond donors (Lipinski definition) is 1. The van der Waals surface area contributed by atoms with Crippen LogP contribution in [0.5, 0.6) is 0 Å². The molecule has 0 amide bonds. The van der Waals surface area contributed by atoms with E-state index in [2.05, 4.69) is 55.1 Å². The largest absolute Gasteiger partial charge is 0.373 e. The number of nitrogens with zero attached hydrogens (tertiary/aromatic N) is 4. The van der Waals surface area contributed by atoms with Crippen molar-refractivity contribution in [3.8, 4) is 11.4 Å². The summed E-state index contributed by atoms with van der Waals surface area (Å²) in [5.74, 6) is 1.49. The Labute approximate surface area is 181 Å². The smallest absolute Gasteiger partial charge is 0.251 e. The number of benzene rings is 1. The van der Waals surface area contributed by atoms with Gasteiger partial charge in [-0.3, -0.25) is 9.69 Å². The van der Waals surface area contributed by atoms with Crippen LogP contribution < -0.4 is 10.5 Å². The van der Waals surface area contributed by atoms with Crippen molar-refractivity contribution in [2.45, 2.75) is 32.0 Å². The number of aryl methyl sites for hydroxylation is 1. The minimum Gasteiger partial charge on any atom is -0.373 e. The number of rotatable bonds is 5. The van der Waals surface area contributed by atoms with Gasteiger partial charge in [0.25, 0.3) is 5.56 Å². The second kappa shape index (κ2) is 8.61. The van der Waals surface area contributed by atoms with E-state index in [-0.39, 0.29) is 11.7 Å². The van der Waals surface area contributed by atoms with Crippen LogP contribution in [0.25, 0.3) is 11.4 Å². The van der Waals surface area contributed by atoms with Crippen LogP contribution in [0, 0.1) is 0 Å². The average molecular weight is 418 g/mol. The van der Waals surface area contributed by atoms with E-state index in [4.69, 9.17) is 4.74 Å². The van der Waals surface area contributed by atoms with Crippen LogP contribution in [-0.2, 0) is 17.7 Å². The van der Waals surface area contributed by atoms with E-state index in [0.717, 1.165) is 56.3 Å². The predicted octanol–water partition coefficient (Wildman–Crippen LogP) is 2.48. The SMILES string of the molecule is CCc1cc(=O)[nH]c(-c2ccc(N3CC4OCCN(Cc5ccccc5)C4C3)nc2)n1. The Morgan fingerprint density at radius 1 is 1.16 bits per heavy atom. The van der Waals surface area contributed by atoms with E-state index in [1.807, 2.05) is 19.1 Å². The summed E-state index contributed by atoms with van der Waals surface area (Å²) < 4.78 is 6.09. The third-order valence-electron chi connectivity index (χ3n) is 6.15. The summed E-state index contributed by atoms with van der Waals surface area (Å²) in [4.78, 5) is 28.7. The van der Waals surface area contributed by atoms with E-state index in [1.54, 1.807) is 12.3 Å². The van der Waals surface area contributed by atoms with Gasteiger partial charge in [0, 0.05) is 49.7 Å². The third-order valence-corrected chi connectivity index (χ3v) is 6.15. The molecule has 2 aliphatic rings. The first-order chi connectivity index (χ1) is 15.2. The molecule has 0 radical (unpaired) electrons. The number of fused-ring (bicyclic) bond motifs is 1. The van der Waals surface area contributed by atoms with Crippen molar-refractivity contribution in [1.82, 2.24) is 19.9 Å². The first-order valence-electron chi connectivity index (χ1n) is 10.9. The van der Waals surface area contributed by atoms with Gasteiger partial charge in [0.2, 0.25) is 0 Å². The lowest BCUT2D eigenvalue weighted by molar-refractivity contribution is -0.0499. The molecule has 7 nitrogen and oxygen atoms in total. The van der Waals surface area contributed by atoms with E-state index >= 15 is 0 Å². The minimum atomic E-state index is -0.134. The molecule has 1 N–H and O–H groups in total. The zero-order chi connectivity index (χ0) is 21.2. The van der Waals surface area contributed by atoms with Gasteiger partial charge in [-0.1, -0.05) is 37.3 Å². The lowest BCUT2D eigenvalue weighted by atomic mass is 10.1. The molecule has 0 aliphatic carbocycles. The number of nitrogens with one attached hydrogen (secondary N) is 1. The quantitative estimate of drug-likeness (QED) is 0.688. The Morgan fingerprint density at radius 3 is 2.81 bits per heavy atom. The van der Waals surface area contributed by atoms with Crippen molar-refractivity contribution >= 4 is 5.82 Å². The maximum absolute atomic E-state index is 11.9. The summed E-state index contributed by atoms with van der Waals surface area (Å²) >= 11 is 0. The number of aromatic nitrogens is 3. The predicted molar refractivity (Wildman–Crippen MR) is 120 cm³/mol. The zero-order valence-corrected chi connectivity index (χ0v) is 17.7. The van der Waals surface area contributed by atoms with Gasteiger partial charge >= 0.3 is 0 Å². The van der Waals surface area contributed by atoms with Crippen LogP contribution in [0.1, 0.15) is 18.2 Å². The van der Waals surface area contributed by atoms with Crippen molar-refractivity contribution in [1.29, 1.82) is 0 Å². The number of ether oxygens (including phenoxy) is 1. The number of pyridine rings is 1. The number of morpholine rings is 1. The molecule has 0 bridgehead atoms. The molecule has 2 aliphatic heterocycles. The van der Waals surface area contributed by atoms with Crippen molar-refractivity contribution in [2.24, 2.45) is 0 Å². The van der Waals surface area contributed by atoms with Crippen LogP contribution in [0.4, 0.5) is 5.82 Å². The molecule has 2 saturated heterocycles. The Morgan fingerprint density at radius 2 is 2.03 bits per heavy atom. The van der Waals surface area contributed by atoms with Gasteiger partial charge in [0.1, 0.15) is 11.6 Å². The molecule has 5 rings (SSSR count). The molecule has 31 heavy (non-hydrogen) atoms. The molecule has 1 aromatic carbocycles. The maximum Gasteiger partial charge on any atom is 0.251 e. The van der Waals surface area contributed by atoms with Crippen LogP contribution in [-0.4, -0.2) is 58.2 Å². The first kappa shape index (κ1) is 19.9. The number of hydrogen-bond acceptors (Lipinski definition) is 6. The molecule has 2 atom stereocenters. The average Bonchev–Trinajstić information content (AvgIpc) is 3.25. The first-order valence-corrected chi connectivity index (χ1v) is 10.9. The summed E-state index contributed by atoms with van der Waals surface area (Å²) in [5.41, 5.74) is 2.79. The highest BCUT2D eigenvalue weighted by Crippen LogP contribution is 2.28. The van der Waals surface area contributed by atoms with Gasteiger partial charge in [-0.2, -0.15) is 0 Å². The highest BCUT2D eigenvalue weighted by molar-refractivity contribution is 5.56. The zero-order valence-electron chi connectivity index (χ0n) is 17.7. The Hall–Kier alpha value is -3.03. The van der Waals surface area contributed by atoms with Crippen molar-refractivity contribution in [3.63, 3.8) is 0 Å². The molecule has 7 heteroatoms. The summed E-state index contributed by atoms with van der Waals surface area (Å²) in [6.07, 6.45) is 2.70. The molecule has 160 valence electrons. The van der Waals surface area contributed by atoms with Gasteiger partial charge in [-0.15, -0.1) is 0 Å². The van der Waals surface area contributed by atoms with E-state index < -0.39 is 0 Å². The number of anilines is 1. The minimum absolute atomic E-state index is 0.134. The fraction of sp³-hybridized carbons (Fsp3) is 0.375. The van der Waals surface area contributed by atoms with Crippen molar-refractivity contribution < 1.29 is 4.74 Å². The summed E-state index contributed by atoms with van der Waals surface area (Å²) in [6.45, 7) is 6.37. The van der Waals surface area contributed by atoms with Crippen LogP contribution in [0.15, 0.2) is 59.5 Å². The summed E-state index contributed by atoms with van der Waals surface area (Å²) in [6, 6.07) is 16.5. The summed E-state index contributed by atoms with van der Waals surface area (Å²) in [5, 5.41) is 0. The van der Waals surface area contributed by atoms with Crippen molar-refractivity contribution in [3.05, 3.63) is 76.3 Å². The highest BCUT2D eigenvalue weighted by atomic mass is 16.5. The van der Waals surface area contributed by atoms with E-state index in [1.165, 1.54) is 5.56 Å². The van der Waals surface area contributed by atoms with Gasteiger partial charge in [0.05, 0.1) is 18.8 Å². The van der Waals surface area contributed by atoms with Crippen LogP contribution >= 0.6 is 0 Å². The molecule has 0 spiro atoms. The fourth-order valence-electron chi connectivity index (χ4n) is 4.50. The highest BCUT2D eigenvalue weighted by Gasteiger charge is 2.40. The lowest BCUT2D eigenvalue weighted by Crippen LogP contribution is -2.50. The van der Waals surface area contributed by atoms with Crippen LogP contribution in [0.2, 0.25) is 0 Å². The second-order valence-electron chi connectivity index (χ2n) is 8.18.